The summed E-state index contributed by atoms with van der Waals surface area (Å²) in [7, 11) is 0. The molecule has 1 amide bonds. The summed E-state index contributed by atoms with van der Waals surface area (Å²) in [6.45, 7) is 11.8. The van der Waals surface area contributed by atoms with Crippen LogP contribution in [-0.2, 0) is 9.53 Å². The SMILES string of the molecule is C\C=C(/C(C)=C\C(CCC)=C(/C)CC)c1cc2cnc(NC(=O)C3COC3)cc2cn1. The van der Waals surface area contributed by atoms with Crippen molar-refractivity contribution in [3.8, 4) is 0 Å². The van der Waals surface area contributed by atoms with E-state index in [1.807, 2.05) is 12.3 Å². The fourth-order valence-electron chi connectivity index (χ4n) is 3.69. The highest BCUT2D eigenvalue weighted by molar-refractivity contribution is 5.95. The molecule has 0 unspecified atom stereocenters. The molecule has 0 aromatic carbocycles. The maximum atomic E-state index is 12.1. The van der Waals surface area contributed by atoms with Crippen molar-refractivity contribution in [3.05, 3.63) is 59.1 Å². The van der Waals surface area contributed by atoms with Crippen LogP contribution >= 0.6 is 0 Å². The summed E-state index contributed by atoms with van der Waals surface area (Å²) in [5.74, 6) is 0.427. The fraction of sp³-hybridized carbons (Fsp3) is 0.423. The minimum atomic E-state index is -0.0759. The Balaban J connectivity index is 1.86. The van der Waals surface area contributed by atoms with Crippen molar-refractivity contribution in [1.82, 2.24) is 9.97 Å². The van der Waals surface area contributed by atoms with Crippen molar-refractivity contribution in [2.45, 2.75) is 53.9 Å². The van der Waals surface area contributed by atoms with Gasteiger partial charge in [0.1, 0.15) is 5.82 Å². The van der Waals surface area contributed by atoms with Gasteiger partial charge in [0.05, 0.1) is 24.8 Å². The molecule has 31 heavy (non-hydrogen) atoms. The topological polar surface area (TPSA) is 64.1 Å². The van der Waals surface area contributed by atoms with E-state index < -0.39 is 0 Å². The van der Waals surface area contributed by atoms with Gasteiger partial charge in [0.25, 0.3) is 0 Å². The Kier molecular flexibility index (Phi) is 7.75. The molecule has 0 radical (unpaired) electrons. The van der Waals surface area contributed by atoms with Crippen molar-refractivity contribution in [3.63, 3.8) is 0 Å². The van der Waals surface area contributed by atoms with E-state index in [1.54, 1.807) is 6.20 Å². The van der Waals surface area contributed by atoms with Crippen LogP contribution in [0.25, 0.3) is 16.3 Å². The number of rotatable bonds is 8. The van der Waals surface area contributed by atoms with Gasteiger partial charge in [-0.05, 0) is 62.5 Å². The summed E-state index contributed by atoms with van der Waals surface area (Å²) >= 11 is 0. The van der Waals surface area contributed by atoms with E-state index in [9.17, 15) is 4.79 Å². The van der Waals surface area contributed by atoms with Crippen LogP contribution in [0.1, 0.15) is 59.6 Å². The quantitative estimate of drug-likeness (QED) is 0.526. The highest BCUT2D eigenvalue weighted by Crippen LogP contribution is 2.28. The van der Waals surface area contributed by atoms with Crippen LogP contribution < -0.4 is 5.32 Å². The van der Waals surface area contributed by atoms with Crippen LogP contribution in [-0.4, -0.2) is 29.1 Å². The summed E-state index contributed by atoms with van der Waals surface area (Å²) in [5, 5.41) is 4.81. The van der Waals surface area contributed by atoms with Gasteiger partial charge in [-0.15, -0.1) is 0 Å². The lowest BCUT2D eigenvalue weighted by atomic mass is 9.95. The highest BCUT2D eigenvalue weighted by atomic mass is 16.5. The molecule has 2 aromatic heterocycles. The zero-order valence-electron chi connectivity index (χ0n) is 19.3. The Bertz CT molecular complexity index is 1050. The van der Waals surface area contributed by atoms with Gasteiger partial charge in [0, 0.05) is 23.2 Å². The number of carbonyl (C=O) groups excluding carboxylic acids is 1. The van der Waals surface area contributed by atoms with E-state index in [0.717, 1.165) is 41.3 Å². The summed E-state index contributed by atoms with van der Waals surface area (Å²) < 4.78 is 5.08. The first kappa shape index (κ1) is 22.9. The molecule has 2 aromatic rings. The lowest BCUT2D eigenvalue weighted by Gasteiger charge is -2.24. The van der Waals surface area contributed by atoms with Crippen molar-refractivity contribution in [1.29, 1.82) is 0 Å². The zero-order chi connectivity index (χ0) is 22.4. The lowest BCUT2D eigenvalue weighted by Crippen LogP contribution is -2.38. The summed E-state index contributed by atoms with van der Waals surface area (Å²) in [6.07, 6.45) is 11.4. The number of pyridine rings is 2. The molecule has 0 spiro atoms. The second-order valence-corrected chi connectivity index (χ2v) is 8.15. The van der Waals surface area contributed by atoms with E-state index in [1.165, 1.54) is 16.7 Å². The normalized spacial score (nSPS) is 16.2. The molecule has 0 saturated carbocycles. The lowest BCUT2D eigenvalue weighted by molar-refractivity contribution is -0.133. The van der Waals surface area contributed by atoms with Gasteiger partial charge in [-0.1, -0.05) is 38.0 Å². The van der Waals surface area contributed by atoms with Gasteiger partial charge in [-0.3, -0.25) is 9.78 Å². The average Bonchev–Trinajstić information content (AvgIpc) is 2.72. The van der Waals surface area contributed by atoms with E-state index in [0.29, 0.717) is 19.0 Å². The number of carbonyl (C=O) groups is 1. The molecule has 1 saturated heterocycles. The number of aromatic nitrogens is 2. The minimum Gasteiger partial charge on any atom is -0.380 e. The van der Waals surface area contributed by atoms with Crippen molar-refractivity contribution in [2.75, 3.05) is 18.5 Å². The summed E-state index contributed by atoms with van der Waals surface area (Å²) in [4.78, 5) is 21.3. The molecule has 1 fully saturated rings. The maximum Gasteiger partial charge on any atom is 0.233 e. The third kappa shape index (κ3) is 5.47. The summed E-state index contributed by atoms with van der Waals surface area (Å²) in [5.41, 5.74) is 6.13. The molecule has 5 nitrogen and oxygen atoms in total. The van der Waals surface area contributed by atoms with E-state index >= 15 is 0 Å². The first-order chi connectivity index (χ1) is 15.0. The van der Waals surface area contributed by atoms with E-state index in [-0.39, 0.29) is 11.8 Å². The van der Waals surface area contributed by atoms with E-state index in [4.69, 9.17) is 9.72 Å². The second-order valence-electron chi connectivity index (χ2n) is 8.15. The van der Waals surface area contributed by atoms with Gasteiger partial charge in [0.15, 0.2) is 0 Å². The van der Waals surface area contributed by atoms with Gasteiger partial charge in [0.2, 0.25) is 5.91 Å². The molecule has 0 atom stereocenters. The molecule has 0 bridgehead atoms. The first-order valence-corrected chi connectivity index (χ1v) is 11.1. The van der Waals surface area contributed by atoms with Gasteiger partial charge in [-0.2, -0.15) is 0 Å². The van der Waals surface area contributed by atoms with Crippen LogP contribution in [0.5, 0.6) is 0 Å². The molecular formula is C26H33N3O2. The number of hydrogen-bond donors (Lipinski definition) is 1. The first-order valence-electron chi connectivity index (χ1n) is 11.1. The Morgan fingerprint density at radius 2 is 1.87 bits per heavy atom. The molecule has 1 aliphatic rings. The Morgan fingerprint density at radius 1 is 1.16 bits per heavy atom. The van der Waals surface area contributed by atoms with Crippen molar-refractivity contribution >= 4 is 28.1 Å². The zero-order valence-corrected chi connectivity index (χ0v) is 19.3. The molecule has 1 aliphatic heterocycles. The number of allylic oxidation sites excluding steroid dienone is 6. The predicted molar refractivity (Wildman–Crippen MR) is 128 cm³/mol. The molecule has 3 heterocycles. The summed E-state index contributed by atoms with van der Waals surface area (Å²) in [6, 6.07) is 3.94. The average molecular weight is 420 g/mol. The number of nitrogens with one attached hydrogen (secondary N) is 1. The van der Waals surface area contributed by atoms with Crippen LogP contribution in [0.4, 0.5) is 5.82 Å². The van der Waals surface area contributed by atoms with Gasteiger partial charge < -0.3 is 10.1 Å². The standard InChI is InChI=1S/C26H33N3O2/c1-6-9-19(17(4)7-2)10-18(5)23(8-3)24-11-20-14-28-25(12-21(20)13-27-24)29-26(30)22-15-31-16-22/h8,10-14,22H,6-7,9,15-16H2,1-5H3,(H,28,29,30)/b18-10-,19-17+,23-8+. The Morgan fingerprint density at radius 3 is 2.48 bits per heavy atom. The predicted octanol–water partition coefficient (Wildman–Crippen LogP) is 6.09. The smallest absolute Gasteiger partial charge is 0.233 e. The van der Waals surface area contributed by atoms with Crippen molar-refractivity contribution in [2.24, 2.45) is 5.92 Å². The number of ether oxygens (including phenoxy) is 1. The Hall–Kier alpha value is -2.79. The number of nitrogens with zero attached hydrogens (tertiary/aromatic N) is 2. The molecule has 164 valence electrons. The number of anilines is 1. The highest BCUT2D eigenvalue weighted by Gasteiger charge is 2.26. The van der Waals surface area contributed by atoms with Crippen molar-refractivity contribution < 1.29 is 9.53 Å². The molecule has 1 N–H and O–H groups in total. The fourth-order valence-corrected chi connectivity index (χ4v) is 3.69. The van der Waals surface area contributed by atoms with Crippen LogP contribution in [0.15, 0.2) is 53.4 Å². The largest absolute Gasteiger partial charge is 0.380 e. The molecule has 0 aliphatic carbocycles. The van der Waals surface area contributed by atoms with Gasteiger partial charge >= 0.3 is 0 Å². The van der Waals surface area contributed by atoms with Crippen LogP contribution in [0, 0.1) is 5.92 Å². The third-order valence-electron chi connectivity index (χ3n) is 5.84. The molecule has 3 rings (SSSR count). The second kappa shape index (κ2) is 10.5. The Labute approximate surface area is 185 Å². The minimum absolute atomic E-state index is 0.0436. The number of amides is 1. The number of fused-ring (bicyclic) bond motifs is 1. The van der Waals surface area contributed by atoms with Crippen LogP contribution in [0.2, 0.25) is 0 Å². The molecular weight excluding hydrogens is 386 g/mol. The third-order valence-corrected chi connectivity index (χ3v) is 5.84. The maximum absolute atomic E-state index is 12.1. The monoisotopic (exact) mass is 419 g/mol. The van der Waals surface area contributed by atoms with Gasteiger partial charge in [-0.25, -0.2) is 4.98 Å². The number of hydrogen-bond acceptors (Lipinski definition) is 4. The van der Waals surface area contributed by atoms with E-state index in [2.05, 4.69) is 63.1 Å². The molecule has 5 heteroatoms. The van der Waals surface area contributed by atoms with Crippen LogP contribution in [0.3, 0.4) is 0 Å².